The molecule has 2 heterocycles. The van der Waals surface area contributed by atoms with Gasteiger partial charge in [-0.15, -0.1) is 0 Å². The third kappa shape index (κ3) is 7.01. The number of rotatable bonds is 11. The first-order chi connectivity index (χ1) is 13.6. The van der Waals surface area contributed by atoms with Crippen LogP contribution in [0, 0.1) is 5.92 Å². The summed E-state index contributed by atoms with van der Waals surface area (Å²) in [6, 6.07) is 3.05. The maximum absolute atomic E-state index is 12.9. The Kier molecular flexibility index (Phi) is 8.04. The summed E-state index contributed by atoms with van der Waals surface area (Å²) in [5.74, 6) is 0.461. The lowest BCUT2D eigenvalue weighted by Crippen LogP contribution is -2.22. The molecule has 0 spiro atoms. The molecule has 160 valence electrons. The van der Waals surface area contributed by atoms with Gasteiger partial charge in [-0.3, -0.25) is 4.79 Å². The molecule has 0 unspecified atom stereocenters. The lowest BCUT2D eigenvalue weighted by atomic mass is 10.1. The lowest BCUT2D eigenvalue weighted by Gasteiger charge is -2.15. The maximum Gasteiger partial charge on any atom is 0.189 e. The highest BCUT2D eigenvalue weighted by Gasteiger charge is 2.18. The van der Waals surface area contributed by atoms with Gasteiger partial charge in [0, 0.05) is 65.7 Å². The van der Waals surface area contributed by atoms with Crippen LogP contribution in [-0.2, 0) is 11.5 Å². The summed E-state index contributed by atoms with van der Waals surface area (Å²) in [5.41, 5.74) is 2.35. The predicted molar refractivity (Wildman–Crippen MR) is 124 cm³/mol. The van der Waals surface area contributed by atoms with Crippen molar-refractivity contribution in [2.24, 2.45) is 5.92 Å². The van der Waals surface area contributed by atoms with Crippen molar-refractivity contribution in [2.75, 3.05) is 32.6 Å². The summed E-state index contributed by atoms with van der Waals surface area (Å²) >= 11 is 0. The van der Waals surface area contributed by atoms with Crippen molar-refractivity contribution in [3.63, 3.8) is 0 Å². The van der Waals surface area contributed by atoms with Crippen molar-refractivity contribution in [1.82, 2.24) is 14.5 Å². The molecule has 2 aromatic heterocycles. The molecule has 0 aliphatic rings. The molecular weight excluding hydrogens is 380 g/mol. The molecule has 7 heteroatoms. The van der Waals surface area contributed by atoms with Crippen LogP contribution in [0.15, 0.2) is 30.7 Å². The second-order valence-electron chi connectivity index (χ2n) is 9.34. The monoisotopic (exact) mass is 416 g/mol. The Bertz CT molecular complexity index is 850. The molecule has 29 heavy (non-hydrogen) atoms. The quantitative estimate of drug-likeness (QED) is 0.250. The number of allylic oxidation sites excluding steroid dienone is 1. The largest absolute Gasteiger partial charge is 0.384 e. The first-order valence-corrected chi connectivity index (χ1v) is 14.0. The Morgan fingerprint density at radius 3 is 2.69 bits per heavy atom. The van der Waals surface area contributed by atoms with Gasteiger partial charge in [0.2, 0.25) is 0 Å². The minimum absolute atomic E-state index is 0.0369. The Balaban J connectivity index is 2.36. The number of aromatic nitrogens is 2. The Labute approximate surface area is 176 Å². The second kappa shape index (κ2) is 10.1. The number of nitrogens with one attached hydrogen (secondary N) is 1. The fraction of sp³-hybridized carbons (Fsp3) is 0.545. The van der Waals surface area contributed by atoms with Crippen LogP contribution in [0.1, 0.15) is 24.2 Å². The van der Waals surface area contributed by atoms with Gasteiger partial charge in [0.25, 0.3) is 0 Å². The molecule has 0 fully saturated rings. The molecule has 2 rings (SSSR count). The summed E-state index contributed by atoms with van der Waals surface area (Å²) in [7, 11) is 2.66. The van der Waals surface area contributed by atoms with Crippen molar-refractivity contribution in [2.45, 2.75) is 46.3 Å². The summed E-state index contributed by atoms with van der Waals surface area (Å²) in [4.78, 5) is 19.3. The molecule has 0 saturated carbocycles. The van der Waals surface area contributed by atoms with E-state index < -0.39 is 8.07 Å². The van der Waals surface area contributed by atoms with E-state index in [0.29, 0.717) is 18.2 Å². The van der Waals surface area contributed by atoms with Crippen LogP contribution in [0.25, 0.3) is 11.0 Å². The zero-order chi connectivity index (χ0) is 21.6. The van der Waals surface area contributed by atoms with Crippen LogP contribution in [0.2, 0.25) is 25.7 Å². The van der Waals surface area contributed by atoms with Crippen molar-refractivity contribution in [3.8, 4) is 0 Å². The van der Waals surface area contributed by atoms with Crippen molar-refractivity contribution in [3.05, 3.63) is 36.3 Å². The van der Waals surface area contributed by atoms with Crippen molar-refractivity contribution in [1.29, 1.82) is 0 Å². The van der Waals surface area contributed by atoms with Crippen LogP contribution in [0.3, 0.4) is 0 Å². The van der Waals surface area contributed by atoms with Gasteiger partial charge in [-0.25, -0.2) is 4.98 Å². The molecular formula is C22H36N4O2Si. The van der Waals surface area contributed by atoms with Gasteiger partial charge in [0.05, 0.1) is 10.9 Å². The van der Waals surface area contributed by atoms with Crippen LogP contribution in [0.5, 0.6) is 0 Å². The summed E-state index contributed by atoms with van der Waals surface area (Å²) in [6.07, 6.45) is 7.03. The van der Waals surface area contributed by atoms with Gasteiger partial charge in [0.15, 0.2) is 5.78 Å². The first kappa shape index (κ1) is 23.2. The number of anilines is 1. The van der Waals surface area contributed by atoms with E-state index in [4.69, 9.17) is 4.74 Å². The molecule has 2 aromatic rings. The zero-order valence-corrected chi connectivity index (χ0v) is 20.0. The Morgan fingerprint density at radius 1 is 1.34 bits per heavy atom. The number of ether oxygens (including phenoxy) is 1. The third-order valence-corrected chi connectivity index (χ3v) is 6.18. The molecule has 6 nitrogen and oxygen atoms in total. The second-order valence-corrected chi connectivity index (χ2v) is 15.0. The van der Waals surface area contributed by atoms with Crippen LogP contribution in [-0.4, -0.2) is 55.6 Å². The molecule has 0 radical (unpaired) electrons. The fourth-order valence-electron chi connectivity index (χ4n) is 2.81. The van der Waals surface area contributed by atoms with E-state index in [1.165, 1.54) is 0 Å². The SMILES string of the molecule is CC(C)CNc1ccnc2c1c(C(=O)C=CN(C)C)cn2COCC[Si](C)(C)C. The molecule has 0 bridgehead atoms. The van der Waals surface area contributed by atoms with Gasteiger partial charge in [-0.05, 0) is 18.0 Å². The standard InChI is InChI=1S/C22H36N4O2Si/c1-17(2)14-24-19-8-10-23-22-21(19)18(20(27)9-11-25(3)4)15-26(22)16-28-12-13-29(5,6)7/h8-11,15,17H,12-14,16H2,1-7H3,(H,23,24). The zero-order valence-electron chi connectivity index (χ0n) is 19.0. The average Bonchev–Trinajstić information content (AvgIpc) is 3.00. The smallest absolute Gasteiger partial charge is 0.189 e. The summed E-state index contributed by atoms with van der Waals surface area (Å²) in [5, 5.41) is 4.33. The van der Waals surface area contributed by atoms with Gasteiger partial charge in [0.1, 0.15) is 12.4 Å². The minimum atomic E-state index is -1.14. The fourth-order valence-corrected chi connectivity index (χ4v) is 3.57. The molecule has 0 aliphatic carbocycles. The highest BCUT2D eigenvalue weighted by molar-refractivity contribution is 6.76. The number of hydrogen-bond donors (Lipinski definition) is 1. The topological polar surface area (TPSA) is 59.4 Å². The van der Waals surface area contributed by atoms with E-state index in [-0.39, 0.29) is 5.78 Å². The van der Waals surface area contributed by atoms with Crippen LogP contribution < -0.4 is 5.32 Å². The first-order valence-electron chi connectivity index (χ1n) is 10.3. The molecule has 0 atom stereocenters. The average molecular weight is 417 g/mol. The highest BCUT2D eigenvalue weighted by atomic mass is 28.3. The normalized spacial score (nSPS) is 12.3. The maximum atomic E-state index is 12.9. The van der Waals surface area contributed by atoms with E-state index >= 15 is 0 Å². The van der Waals surface area contributed by atoms with Crippen LogP contribution in [0.4, 0.5) is 5.69 Å². The predicted octanol–water partition coefficient (Wildman–Crippen LogP) is 4.67. The molecule has 0 amide bonds. The summed E-state index contributed by atoms with van der Waals surface area (Å²) < 4.78 is 7.87. The van der Waals surface area contributed by atoms with Gasteiger partial charge < -0.3 is 19.5 Å². The van der Waals surface area contributed by atoms with E-state index in [9.17, 15) is 4.79 Å². The molecule has 0 aromatic carbocycles. The van der Waals surface area contributed by atoms with E-state index in [1.54, 1.807) is 18.5 Å². The number of pyridine rings is 1. The number of carbonyl (C=O) groups is 1. The number of carbonyl (C=O) groups excluding carboxylic acids is 1. The van der Waals surface area contributed by atoms with E-state index in [0.717, 1.165) is 35.9 Å². The van der Waals surface area contributed by atoms with E-state index in [2.05, 4.69) is 43.8 Å². The van der Waals surface area contributed by atoms with Gasteiger partial charge in [-0.1, -0.05) is 33.5 Å². The number of nitrogens with zero attached hydrogens (tertiary/aromatic N) is 3. The van der Waals surface area contributed by atoms with E-state index in [1.807, 2.05) is 35.8 Å². The molecule has 0 aliphatic heterocycles. The third-order valence-electron chi connectivity index (χ3n) is 4.47. The summed E-state index contributed by atoms with van der Waals surface area (Å²) in [6.45, 7) is 13.3. The number of ketones is 1. The lowest BCUT2D eigenvalue weighted by molar-refractivity contribution is 0.0896. The van der Waals surface area contributed by atoms with Gasteiger partial charge >= 0.3 is 0 Å². The number of hydrogen-bond acceptors (Lipinski definition) is 5. The highest BCUT2D eigenvalue weighted by Crippen LogP contribution is 2.28. The van der Waals surface area contributed by atoms with Crippen molar-refractivity contribution >= 4 is 30.6 Å². The van der Waals surface area contributed by atoms with Gasteiger partial charge in [-0.2, -0.15) is 0 Å². The molecule has 0 saturated heterocycles. The molecule has 1 N–H and O–H groups in total. The van der Waals surface area contributed by atoms with Crippen LogP contribution >= 0.6 is 0 Å². The Hall–Kier alpha value is -2.12. The minimum Gasteiger partial charge on any atom is -0.384 e. The number of fused-ring (bicyclic) bond motifs is 1. The Morgan fingerprint density at radius 2 is 2.07 bits per heavy atom. The van der Waals surface area contributed by atoms with Crippen molar-refractivity contribution < 1.29 is 9.53 Å².